The second-order valence-electron chi connectivity index (χ2n) is 9.90. The molecule has 4 bridgehead atoms. The summed E-state index contributed by atoms with van der Waals surface area (Å²) in [5, 5.41) is 6.20. The van der Waals surface area contributed by atoms with Crippen molar-refractivity contribution in [3.05, 3.63) is 18.5 Å². The van der Waals surface area contributed by atoms with Gasteiger partial charge in [-0.1, -0.05) is 0 Å². The molecule has 0 unspecified atom stereocenters. The maximum Gasteiger partial charge on any atom is 0.230 e. The molecular formula is C23H31N3O2. The zero-order valence-corrected chi connectivity index (χ0v) is 16.6. The van der Waals surface area contributed by atoms with Gasteiger partial charge in [0.15, 0.2) is 0 Å². The Balaban J connectivity index is 1.26. The van der Waals surface area contributed by atoms with E-state index in [4.69, 9.17) is 0 Å². The van der Waals surface area contributed by atoms with Gasteiger partial charge in [0, 0.05) is 10.8 Å². The highest BCUT2D eigenvalue weighted by molar-refractivity contribution is 5.98. The fourth-order valence-corrected chi connectivity index (χ4v) is 6.28. The molecule has 0 aromatic carbocycles. The van der Waals surface area contributed by atoms with Crippen molar-refractivity contribution in [1.82, 2.24) is 4.98 Å². The molecule has 2 N–H and O–H groups in total. The molecule has 0 saturated heterocycles. The lowest BCUT2D eigenvalue weighted by Gasteiger charge is -2.45. The lowest BCUT2D eigenvalue weighted by atomic mass is 9.60. The Bertz CT molecular complexity index is 685. The van der Waals surface area contributed by atoms with E-state index in [1.165, 1.54) is 38.5 Å². The second-order valence-corrected chi connectivity index (χ2v) is 9.90. The molecule has 6 aliphatic rings. The first-order valence-electron chi connectivity index (χ1n) is 11.2. The van der Waals surface area contributed by atoms with Gasteiger partial charge in [-0.15, -0.1) is 0 Å². The van der Waals surface area contributed by atoms with Gasteiger partial charge in [0.05, 0.1) is 23.8 Å². The predicted molar refractivity (Wildman–Crippen MR) is 109 cm³/mol. The van der Waals surface area contributed by atoms with Gasteiger partial charge >= 0.3 is 0 Å². The molecule has 0 aliphatic heterocycles. The molecule has 1 heterocycles. The van der Waals surface area contributed by atoms with Crippen LogP contribution in [0.4, 0.5) is 11.4 Å². The van der Waals surface area contributed by atoms with E-state index in [-0.39, 0.29) is 22.6 Å². The summed E-state index contributed by atoms with van der Waals surface area (Å²) in [6, 6.07) is 1.86. The van der Waals surface area contributed by atoms with Crippen LogP contribution in [0.1, 0.15) is 77.0 Å². The topological polar surface area (TPSA) is 71.1 Å². The summed E-state index contributed by atoms with van der Waals surface area (Å²) in [7, 11) is 0. The molecule has 6 aliphatic carbocycles. The Morgan fingerprint density at radius 2 is 1.07 bits per heavy atom. The Labute approximate surface area is 167 Å². The molecule has 28 heavy (non-hydrogen) atoms. The fraction of sp³-hybridized carbons (Fsp3) is 0.696. The number of amides is 2. The summed E-state index contributed by atoms with van der Waals surface area (Å²) >= 11 is 0. The normalized spacial score (nSPS) is 36.1. The van der Waals surface area contributed by atoms with E-state index in [9.17, 15) is 9.59 Å². The largest absolute Gasteiger partial charge is 0.324 e. The van der Waals surface area contributed by atoms with Crippen molar-refractivity contribution in [3.63, 3.8) is 0 Å². The van der Waals surface area contributed by atoms with Gasteiger partial charge < -0.3 is 10.6 Å². The number of rotatable bonds is 4. The Hall–Kier alpha value is -1.91. The van der Waals surface area contributed by atoms with E-state index < -0.39 is 0 Å². The highest BCUT2D eigenvalue weighted by Gasteiger charge is 2.46. The van der Waals surface area contributed by atoms with E-state index >= 15 is 0 Å². The van der Waals surface area contributed by atoms with Crippen LogP contribution >= 0.6 is 0 Å². The first kappa shape index (κ1) is 18.1. The summed E-state index contributed by atoms with van der Waals surface area (Å²) in [6.07, 6.45) is 16.5. The van der Waals surface area contributed by atoms with Crippen LogP contribution < -0.4 is 10.6 Å². The number of nitrogens with one attached hydrogen (secondary N) is 2. The maximum atomic E-state index is 13.0. The first-order valence-corrected chi connectivity index (χ1v) is 11.2. The Kier molecular flexibility index (Phi) is 4.44. The van der Waals surface area contributed by atoms with E-state index in [1.807, 2.05) is 6.07 Å². The van der Waals surface area contributed by atoms with E-state index in [2.05, 4.69) is 15.6 Å². The van der Waals surface area contributed by atoms with Crippen LogP contribution in [0.2, 0.25) is 0 Å². The Morgan fingerprint density at radius 3 is 1.43 bits per heavy atom. The summed E-state index contributed by atoms with van der Waals surface area (Å²) in [5.41, 5.74) is 1.01. The SMILES string of the molecule is O=C(Nc1cncc(NC(=O)C23CCC(CC2)CC3)c1)C12CCC(CC1)CC2. The zero-order valence-electron chi connectivity index (χ0n) is 16.6. The van der Waals surface area contributed by atoms with Crippen LogP contribution in [0.15, 0.2) is 18.5 Å². The molecule has 7 rings (SSSR count). The minimum Gasteiger partial charge on any atom is -0.324 e. The summed E-state index contributed by atoms with van der Waals surface area (Å²) in [5.74, 6) is 1.95. The van der Waals surface area contributed by atoms with Crippen molar-refractivity contribution in [1.29, 1.82) is 0 Å². The number of anilines is 2. The number of pyridine rings is 1. The zero-order chi connectivity index (χ0) is 19.2. The fourth-order valence-electron chi connectivity index (χ4n) is 6.28. The molecule has 1 aromatic heterocycles. The van der Waals surface area contributed by atoms with Crippen molar-refractivity contribution in [2.45, 2.75) is 77.0 Å². The van der Waals surface area contributed by atoms with Crippen LogP contribution in [0.3, 0.4) is 0 Å². The number of hydrogen-bond acceptors (Lipinski definition) is 3. The van der Waals surface area contributed by atoms with Crippen molar-refractivity contribution in [2.24, 2.45) is 22.7 Å². The van der Waals surface area contributed by atoms with Crippen LogP contribution in [-0.4, -0.2) is 16.8 Å². The average molecular weight is 382 g/mol. The smallest absolute Gasteiger partial charge is 0.230 e. The first-order chi connectivity index (χ1) is 13.6. The highest BCUT2D eigenvalue weighted by atomic mass is 16.2. The molecule has 0 atom stereocenters. The molecule has 5 heteroatoms. The van der Waals surface area contributed by atoms with Crippen LogP contribution in [0.25, 0.3) is 0 Å². The molecule has 2 amide bonds. The second kappa shape index (κ2) is 6.85. The van der Waals surface area contributed by atoms with E-state index in [0.29, 0.717) is 11.4 Å². The summed E-state index contributed by atoms with van der Waals surface area (Å²) in [4.78, 5) is 30.3. The van der Waals surface area contributed by atoms with Gasteiger partial charge in [-0.3, -0.25) is 14.6 Å². The molecule has 5 nitrogen and oxygen atoms in total. The lowest BCUT2D eigenvalue weighted by molar-refractivity contribution is -0.131. The van der Waals surface area contributed by atoms with Crippen molar-refractivity contribution < 1.29 is 9.59 Å². The molecular weight excluding hydrogens is 350 g/mol. The molecule has 150 valence electrons. The summed E-state index contributed by atoms with van der Waals surface area (Å²) in [6.45, 7) is 0. The molecule has 0 spiro atoms. The van der Waals surface area contributed by atoms with E-state index in [0.717, 1.165) is 50.4 Å². The monoisotopic (exact) mass is 381 g/mol. The number of nitrogens with zero attached hydrogens (tertiary/aromatic N) is 1. The average Bonchev–Trinajstić information content (AvgIpc) is 2.76. The Morgan fingerprint density at radius 1 is 0.714 bits per heavy atom. The molecule has 6 saturated carbocycles. The van der Waals surface area contributed by atoms with Crippen molar-refractivity contribution in [2.75, 3.05) is 10.6 Å². The number of carbonyl (C=O) groups is 2. The third kappa shape index (κ3) is 3.13. The predicted octanol–water partition coefficient (Wildman–Crippen LogP) is 4.90. The van der Waals surface area contributed by atoms with Crippen LogP contribution in [0.5, 0.6) is 0 Å². The number of carbonyl (C=O) groups excluding carboxylic acids is 2. The third-order valence-electron chi connectivity index (χ3n) is 8.40. The number of fused-ring (bicyclic) bond motifs is 6. The quantitative estimate of drug-likeness (QED) is 0.779. The van der Waals surface area contributed by atoms with E-state index in [1.54, 1.807) is 12.4 Å². The van der Waals surface area contributed by atoms with Gasteiger partial charge in [0.1, 0.15) is 0 Å². The van der Waals surface area contributed by atoms with Gasteiger partial charge in [-0.05, 0) is 95.0 Å². The highest BCUT2D eigenvalue weighted by Crippen LogP contribution is 2.51. The number of aromatic nitrogens is 1. The van der Waals surface area contributed by atoms with Crippen LogP contribution in [-0.2, 0) is 9.59 Å². The molecule has 6 fully saturated rings. The van der Waals surface area contributed by atoms with Gasteiger partial charge in [0.25, 0.3) is 0 Å². The standard InChI is InChI=1S/C23H31N3O2/c27-20(22-7-1-16(2-8-22)3-9-22)25-18-13-19(15-24-14-18)26-21(28)23-10-4-17(5-11-23)6-12-23/h13-17H,1-12H2,(H,25,27)(H,26,28). The van der Waals surface area contributed by atoms with Crippen LogP contribution in [0, 0.1) is 22.7 Å². The third-order valence-corrected chi connectivity index (χ3v) is 8.40. The molecule has 0 radical (unpaired) electrons. The molecule has 1 aromatic rings. The van der Waals surface area contributed by atoms with Gasteiger partial charge in [0.2, 0.25) is 11.8 Å². The van der Waals surface area contributed by atoms with Crippen molar-refractivity contribution >= 4 is 23.2 Å². The number of hydrogen-bond donors (Lipinski definition) is 2. The minimum atomic E-state index is -0.187. The van der Waals surface area contributed by atoms with Gasteiger partial charge in [-0.25, -0.2) is 0 Å². The maximum absolute atomic E-state index is 13.0. The minimum absolute atomic E-state index is 0.139. The summed E-state index contributed by atoms with van der Waals surface area (Å²) < 4.78 is 0. The van der Waals surface area contributed by atoms with Gasteiger partial charge in [-0.2, -0.15) is 0 Å². The lowest BCUT2D eigenvalue weighted by Crippen LogP contribution is -2.44. The van der Waals surface area contributed by atoms with Crippen molar-refractivity contribution in [3.8, 4) is 0 Å².